The minimum Gasteiger partial charge on any atom is -0.484 e. The van der Waals surface area contributed by atoms with Crippen LogP contribution in [0.4, 0.5) is 10.8 Å². The number of nitrogens with one attached hydrogen (secondary N) is 2. The molecule has 0 radical (unpaired) electrons. The summed E-state index contributed by atoms with van der Waals surface area (Å²) in [5.41, 5.74) is 1.82. The monoisotopic (exact) mass is 465 g/mol. The summed E-state index contributed by atoms with van der Waals surface area (Å²) >= 11 is 1.05. The predicted molar refractivity (Wildman–Crippen MR) is 125 cm³/mol. The molecule has 1 fully saturated rings. The van der Waals surface area contributed by atoms with Gasteiger partial charge in [-0.2, -0.15) is 0 Å². The maximum atomic E-state index is 12.4. The van der Waals surface area contributed by atoms with Crippen LogP contribution in [-0.4, -0.2) is 36.0 Å². The van der Waals surface area contributed by atoms with Crippen molar-refractivity contribution in [3.63, 3.8) is 0 Å². The fraction of sp³-hybridized carbons (Fsp3) is 0.250. The van der Waals surface area contributed by atoms with Gasteiger partial charge in [0.2, 0.25) is 5.91 Å². The fourth-order valence-electron chi connectivity index (χ4n) is 3.06. The number of anilines is 2. The molecule has 8 nitrogen and oxygen atoms in total. The summed E-state index contributed by atoms with van der Waals surface area (Å²) in [4.78, 5) is 41.5. The normalized spacial score (nSPS) is 12.6. The van der Waals surface area contributed by atoms with E-state index in [0.717, 1.165) is 29.7 Å². The topological polar surface area (TPSA) is 107 Å². The van der Waals surface area contributed by atoms with Crippen LogP contribution in [0.2, 0.25) is 0 Å². The van der Waals surface area contributed by atoms with Gasteiger partial charge in [0, 0.05) is 23.2 Å². The lowest BCUT2D eigenvalue weighted by molar-refractivity contribution is -0.118. The summed E-state index contributed by atoms with van der Waals surface area (Å²) in [6.45, 7) is 1.71. The first kappa shape index (κ1) is 22.5. The van der Waals surface area contributed by atoms with Crippen LogP contribution in [0.3, 0.4) is 0 Å². The lowest BCUT2D eigenvalue weighted by Crippen LogP contribution is -2.20. The zero-order valence-corrected chi connectivity index (χ0v) is 18.8. The minimum atomic E-state index is -0.490. The highest BCUT2D eigenvalue weighted by molar-refractivity contribution is 7.18. The second-order valence-corrected chi connectivity index (χ2v) is 8.41. The van der Waals surface area contributed by atoms with E-state index in [1.165, 1.54) is 0 Å². The number of benzene rings is 2. The van der Waals surface area contributed by atoms with E-state index < -0.39 is 11.9 Å². The van der Waals surface area contributed by atoms with Crippen LogP contribution < -0.4 is 15.4 Å². The molecular formula is C24H23N3O5S. The van der Waals surface area contributed by atoms with Gasteiger partial charge in [0.05, 0.1) is 12.3 Å². The van der Waals surface area contributed by atoms with Crippen LogP contribution in [0.25, 0.3) is 11.3 Å². The van der Waals surface area contributed by atoms with Crippen molar-refractivity contribution in [2.24, 2.45) is 5.92 Å². The second kappa shape index (κ2) is 10.3. The van der Waals surface area contributed by atoms with Crippen LogP contribution >= 0.6 is 11.3 Å². The molecule has 0 atom stereocenters. The van der Waals surface area contributed by atoms with Crippen LogP contribution in [-0.2, 0) is 14.3 Å². The van der Waals surface area contributed by atoms with Crippen LogP contribution in [0.5, 0.6) is 5.75 Å². The summed E-state index contributed by atoms with van der Waals surface area (Å²) in [6.07, 6.45) is 1.84. The molecule has 0 bridgehead atoms. The van der Waals surface area contributed by atoms with E-state index in [1.807, 2.05) is 30.3 Å². The standard InChI is InChI=1S/C24H23N3O5S/c1-2-31-23(30)21-20(15-7-4-3-5-8-15)27-24(33-21)26-19(28)14-32-18-10-6-9-17(13-18)25-22(29)16-11-12-16/h3-10,13,16H,2,11-12,14H2,1H3,(H,25,29)(H,26,27,28). The Morgan fingerprint density at radius 2 is 1.85 bits per heavy atom. The number of esters is 1. The van der Waals surface area contributed by atoms with E-state index in [0.29, 0.717) is 22.0 Å². The number of ether oxygens (including phenoxy) is 2. The van der Waals surface area contributed by atoms with E-state index in [-0.39, 0.29) is 30.2 Å². The SMILES string of the molecule is CCOC(=O)c1sc(NC(=O)COc2cccc(NC(=O)C3CC3)c2)nc1-c1ccccc1. The third kappa shape index (κ3) is 5.95. The Balaban J connectivity index is 1.40. The van der Waals surface area contributed by atoms with Crippen LogP contribution in [0.1, 0.15) is 29.4 Å². The van der Waals surface area contributed by atoms with Crippen molar-refractivity contribution in [2.75, 3.05) is 23.8 Å². The number of rotatable bonds is 9. The first-order valence-corrected chi connectivity index (χ1v) is 11.4. The number of carbonyl (C=O) groups is 3. The maximum Gasteiger partial charge on any atom is 0.350 e. The van der Waals surface area contributed by atoms with E-state index >= 15 is 0 Å². The number of aromatic nitrogens is 1. The molecule has 0 saturated heterocycles. The van der Waals surface area contributed by atoms with E-state index in [1.54, 1.807) is 31.2 Å². The number of amides is 2. The minimum absolute atomic E-state index is 0.000266. The highest BCUT2D eigenvalue weighted by Crippen LogP contribution is 2.32. The van der Waals surface area contributed by atoms with Gasteiger partial charge in [-0.05, 0) is 31.9 Å². The average molecular weight is 466 g/mol. The van der Waals surface area contributed by atoms with E-state index in [9.17, 15) is 14.4 Å². The molecule has 1 aliphatic carbocycles. The maximum absolute atomic E-state index is 12.4. The first-order chi connectivity index (χ1) is 16.0. The Bertz CT molecular complexity index is 1160. The Morgan fingerprint density at radius 3 is 2.58 bits per heavy atom. The Morgan fingerprint density at radius 1 is 1.06 bits per heavy atom. The van der Waals surface area contributed by atoms with Crippen molar-refractivity contribution < 1.29 is 23.9 Å². The van der Waals surface area contributed by atoms with Gasteiger partial charge in [-0.15, -0.1) is 0 Å². The summed E-state index contributed by atoms with van der Waals surface area (Å²) in [5, 5.41) is 5.80. The summed E-state index contributed by atoms with van der Waals surface area (Å²) in [5.74, 6) is -0.365. The number of carbonyl (C=O) groups excluding carboxylic acids is 3. The molecule has 0 spiro atoms. The van der Waals surface area contributed by atoms with Crippen molar-refractivity contribution in [3.05, 3.63) is 59.5 Å². The smallest absolute Gasteiger partial charge is 0.350 e. The predicted octanol–water partition coefficient (Wildman–Crippen LogP) is 4.35. The lowest BCUT2D eigenvalue weighted by Gasteiger charge is -2.08. The Hall–Kier alpha value is -3.72. The zero-order chi connectivity index (χ0) is 23.2. The molecule has 9 heteroatoms. The van der Waals surface area contributed by atoms with Gasteiger partial charge in [0.25, 0.3) is 5.91 Å². The van der Waals surface area contributed by atoms with Crippen molar-refractivity contribution in [1.82, 2.24) is 4.98 Å². The van der Waals surface area contributed by atoms with Gasteiger partial charge in [0.1, 0.15) is 10.6 Å². The molecule has 2 aromatic carbocycles. The zero-order valence-electron chi connectivity index (χ0n) is 18.0. The summed E-state index contributed by atoms with van der Waals surface area (Å²) < 4.78 is 10.7. The quantitative estimate of drug-likeness (QED) is 0.455. The molecule has 2 amide bonds. The first-order valence-electron chi connectivity index (χ1n) is 10.6. The average Bonchev–Trinajstić information content (AvgIpc) is 3.59. The molecule has 1 heterocycles. The van der Waals surface area contributed by atoms with E-state index in [4.69, 9.17) is 9.47 Å². The third-order valence-electron chi connectivity index (χ3n) is 4.80. The number of thiazole rings is 1. The molecule has 1 saturated carbocycles. The lowest BCUT2D eigenvalue weighted by atomic mass is 10.1. The van der Waals surface area contributed by atoms with Crippen molar-refractivity contribution >= 4 is 39.9 Å². The Labute approximate surface area is 194 Å². The second-order valence-electron chi connectivity index (χ2n) is 7.41. The van der Waals surface area contributed by atoms with Crippen LogP contribution in [0.15, 0.2) is 54.6 Å². The fourth-order valence-corrected chi connectivity index (χ4v) is 3.96. The highest BCUT2D eigenvalue weighted by Gasteiger charge is 2.29. The number of hydrogen-bond donors (Lipinski definition) is 2. The van der Waals surface area contributed by atoms with Crippen molar-refractivity contribution in [3.8, 4) is 17.0 Å². The van der Waals surface area contributed by atoms with Gasteiger partial charge in [-0.1, -0.05) is 47.7 Å². The van der Waals surface area contributed by atoms with Crippen LogP contribution in [0, 0.1) is 5.92 Å². The van der Waals surface area contributed by atoms with Crippen molar-refractivity contribution in [2.45, 2.75) is 19.8 Å². The van der Waals surface area contributed by atoms with Gasteiger partial charge in [-0.3, -0.25) is 14.9 Å². The summed E-state index contributed by atoms with van der Waals surface area (Å²) in [7, 11) is 0. The van der Waals surface area contributed by atoms with E-state index in [2.05, 4.69) is 15.6 Å². The largest absolute Gasteiger partial charge is 0.484 e. The molecule has 1 aromatic heterocycles. The molecule has 2 N–H and O–H groups in total. The molecule has 1 aliphatic rings. The molecular weight excluding hydrogens is 442 g/mol. The van der Waals surface area contributed by atoms with Gasteiger partial charge >= 0.3 is 5.97 Å². The summed E-state index contributed by atoms with van der Waals surface area (Å²) in [6, 6.07) is 16.1. The number of hydrogen-bond acceptors (Lipinski definition) is 7. The van der Waals surface area contributed by atoms with Crippen molar-refractivity contribution in [1.29, 1.82) is 0 Å². The van der Waals surface area contributed by atoms with Gasteiger partial charge in [-0.25, -0.2) is 9.78 Å². The molecule has 4 rings (SSSR count). The highest BCUT2D eigenvalue weighted by atomic mass is 32.1. The molecule has 33 heavy (non-hydrogen) atoms. The number of nitrogens with zero attached hydrogens (tertiary/aromatic N) is 1. The van der Waals surface area contributed by atoms with Gasteiger partial charge < -0.3 is 14.8 Å². The Kier molecular flexibility index (Phi) is 6.99. The molecule has 0 unspecified atom stereocenters. The third-order valence-corrected chi connectivity index (χ3v) is 5.75. The van der Waals surface area contributed by atoms with Gasteiger partial charge in [0.15, 0.2) is 11.7 Å². The molecule has 0 aliphatic heterocycles. The molecule has 3 aromatic rings. The molecule has 170 valence electrons.